The van der Waals surface area contributed by atoms with Gasteiger partial charge in [0.25, 0.3) is 5.91 Å². The third kappa shape index (κ3) is 5.58. The van der Waals surface area contributed by atoms with E-state index in [0.717, 1.165) is 11.5 Å². The first-order chi connectivity index (χ1) is 13.5. The lowest BCUT2D eigenvalue weighted by Gasteiger charge is -2.05. The van der Waals surface area contributed by atoms with E-state index in [0.29, 0.717) is 40.1 Å². The molecule has 3 rings (SSSR count). The minimum Gasteiger partial charge on any atom is -0.352 e. The van der Waals surface area contributed by atoms with Gasteiger partial charge in [0.1, 0.15) is 5.82 Å². The van der Waals surface area contributed by atoms with Crippen LogP contribution < -0.4 is 10.6 Å². The second-order valence-corrected chi connectivity index (χ2v) is 7.03. The van der Waals surface area contributed by atoms with E-state index in [-0.39, 0.29) is 24.1 Å². The first kappa shape index (κ1) is 19.9. The van der Waals surface area contributed by atoms with Crippen molar-refractivity contribution < 1.29 is 14.0 Å². The number of hydrogen-bond donors (Lipinski definition) is 2. The summed E-state index contributed by atoms with van der Waals surface area (Å²) >= 11 is 6.84. The summed E-state index contributed by atoms with van der Waals surface area (Å²) in [5.41, 5.74) is 1.18. The molecule has 0 unspecified atom stereocenters. The molecule has 6 nitrogen and oxygen atoms in total. The van der Waals surface area contributed by atoms with Gasteiger partial charge in [0.15, 0.2) is 5.82 Å². The van der Waals surface area contributed by atoms with Crippen LogP contribution in [0.25, 0.3) is 11.4 Å². The molecule has 28 heavy (non-hydrogen) atoms. The van der Waals surface area contributed by atoms with E-state index in [4.69, 9.17) is 11.6 Å². The average Bonchev–Trinajstić information content (AvgIpc) is 3.14. The lowest BCUT2D eigenvalue weighted by atomic mass is 10.2. The van der Waals surface area contributed by atoms with Crippen molar-refractivity contribution in [2.45, 2.75) is 12.8 Å². The highest BCUT2D eigenvalue weighted by Gasteiger charge is 2.10. The highest BCUT2D eigenvalue weighted by Crippen LogP contribution is 2.21. The van der Waals surface area contributed by atoms with Gasteiger partial charge >= 0.3 is 0 Å². The maximum absolute atomic E-state index is 13.0. The van der Waals surface area contributed by atoms with Crippen molar-refractivity contribution >= 4 is 40.1 Å². The van der Waals surface area contributed by atoms with E-state index in [1.165, 1.54) is 12.1 Å². The molecule has 0 aliphatic heterocycles. The third-order valence-corrected chi connectivity index (χ3v) is 4.63. The van der Waals surface area contributed by atoms with Gasteiger partial charge in [-0.2, -0.15) is 9.36 Å². The Morgan fingerprint density at radius 1 is 1.07 bits per heavy atom. The number of hydrogen-bond acceptors (Lipinski definition) is 5. The molecule has 0 atom stereocenters. The summed E-state index contributed by atoms with van der Waals surface area (Å²) in [5.74, 6) is -0.348. The molecule has 144 valence electrons. The molecule has 0 radical (unpaired) electrons. The van der Waals surface area contributed by atoms with Crippen molar-refractivity contribution in [3.05, 3.63) is 64.9 Å². The minimum atomic E-state index is -0.337. The van der Waals surface area contributed by atoms with Crippen molar-refractivity contribution in [3.8, 4) is 11.4 Å². The molecule has 0 bridgehead atoms. The molecule has 2 amide bonds. The quantitative estimate of drug-likeness (QED) is 0.564. The monoisotopic (exact) mass is 418 g/mol. The van der Waals surface area contributed by atoms with Crippen LogP contribution in [0.3, 0.4) is 0 Å². The van der Waals surface area contributed by atoms with Gasteiger partial charge in [-0.15, -0.1) is 0 Å². The number of rotatable bonds is 7. The van der Waals surface area contributed by atoms with E-state index in [1.807, 2.05) is 0 Å². The molecule has 3 aromatic rings. The summed E-state index contributed by atoms with van der Waals surface area (Å²) in [6.07, 6.45) is 0.709. The Bertz CT molecular complexity index is 961. The summed E-state index contributed by atoms with van der Waals surface area (Å²) in [7, 11) is 0. The van der Waals surface area contributed by atoms with Crippen molar-refractivity contribution in [2.75, 3.05) is 11.9 Å². The van der Waals surface area contributed by atoms with E-state index in [9.17, 15) is 14.0 Å². The Morgan fingerprint density at radius 2 is 1.79 bits per heavy atom. The standard InChI is InChI=1S/C19H16ClFN4O2S/c20-14-7-3-13(4-8-14)18(27)22-11-1-2-16(26)23-19-24-17(25-28-19)12-5-9-15(21)10-6-12/h3-10H,1-2,11H2,(H,22,27)(H,23,24,25,26). The summed E-state index contributed by atoms with van der Waals surface area (Å²) in [5, 5.41) is 6.36. The first-order valence-corrected chi connectivity index (χ1v) is 9.59. The summed E-state index contributed by atoms with van der Waals surface area (Å²) in [6, 6.07) is 12.4. The molecule has 1 heterocycles. The van der Waals surface area contributed by atoms with E-state index in [1.54, 1.807) is 36.4 Å². The number of halogens is 2. The number of benzene rings is 2. The van der Waals surface area contributed by atoms with Crippen LogP contribution in [0.4, 0.5) is 9.52 Å². The van der Waals surface area contributed by atoms with Crippen molar-refractivity contribution in [3.63, 3.8) is 0 Å². The highest BCUT2D eigenvalue weighted by molar-refractivity contribution is 7.10. The third-order valence-electron chi connectivity index (χ3n) is 3.75. The van der Waals surface area contributed by atoms with Crippen LogP contribution in [0.15, 0.2) is 48.5 Å². The molecule has 0 aliphatic carbocycles. The molecule has 0 fully saturated rings. The lowest BCUT2D eigenvalue weighted by Crippen LogP contribution is -2.25. The van der Waals surface area contributed by atoms with Crippen LogP contribution in [-0.2, 0) is 4.79 Å². The Hall–Kier alpha value is -2.84. The normalized spacial score (nSPS) is 10.5. The molecular formula is C19H16ClFN4O2S. The Balaban J connectivity index is 1.41. The van der Waals surface area contributed by atoms with Gasteiger partial charge in [-0.3, -0.25) is 9.59 Å². The second kappa shape index (κ2) is 9.38. The van der Waals surface area contributed by atoms with Crippen molar-refractivity contribution in [1.82, 2.24) is 14.7 Å². The van der Waals surface area contributed by atoms with Gasteiger partial charge in [-0.1, -0.05) is 11.6 Å². The number of anilines is 1. The Kier molecular flexibility index (Phi) is 6.67. The van der Waals surface area contributed by atoms with Gasteiger partial charge in [0.05, 0.1) is 0 Å². The SMILES string of the molecule is O=C(CCCNC(=O)c1ccc(Cl)cc1)Nc1nc(-c2ccc(F)cc2)ns1. The van der Waals surface area contributed by atoms with E-state index in [2.05, 4.69) is 20.0 Å². The summed E-state index contributed by atoms with van der Waals surface area (Å²) in [4.78, 5) is 28.2. The Labute approximate surface area is 169 Å². The number of carbonyl (C=O) groups excluding carboxylic acids is 2. The lowest BCUT2D eigenvalue weighted by molar-refractivity contribution is -0.116. The van der Waals surface area contributed by atoms with Gasteiger partial charge in [0.2, 0.25) is 11.0 Å². The molecule has 0 spiro atoms. The summed E-state index contributed by atoms with van der Waals surface area (Å²) < 4.78 is 17.1. The predicted octanol–water partition coefficient (Wildman–Crippen LogP) is 4.15. The first-order valence-electron chi connectivity index (χ1n) is 8.44. The predicted molar refractivity (Wildman–Crippen MR) is 107 cm³/mol. The molecule has 0 saturated carbocycles. The zero-order valence-corrected chi connectivity index (χ0v) is 16.2. The Morgan fingerprint density at radius 3 is 2.50 bits per heavy atom. The fourth-order valence-corrected chi connectivity index (χ4v) is 3.06. The highest BCUT2D eigenvalue weighted by atomic mass is 35.5. The molecular weight excluding hydrogens is 403 g/mol. The van der Waals surface area contributed by atoms with E-state index >= 15 is 0 Å². The fraction of sp³-hybridized carbons (Fsp3) is 0.158. The second-order valence-electron chi connectivity index (χ2n) is 5.84. The molecule has 2 N–H and O–H groups in total. The minimum absolute atomic E-state index is 0.217. The zero-order chi connectivity index (χ0) is 19.9. The van der Waals surface area contributed by atoms with E-state index < -0.39 is 0 Å². The fourth-order valence-electron chi connectivity index (χ4n) is 2.33. The molecule has 0 aliphatic rings. The molecule has 2 aromatic carbocycles. The number of nitrogens with one attached hydrogen (secondary N) is 2. The van der Waals surface area contributed by atoms with Crippen LogP contribution >= 0.6 is 23.1 Å². The number of nitrogens with zero attached hydrogens (tertiary/aromatic N) is 2. The smallest absolute Gasteiger partial charge is 0.251 e. The van der Waals surface area contributed by atoms with Gasteiger partial charge < -0.3 is 10.6 Å². The summed E-state index contributed by atoms with van der Waals surface area (Å²) in [6.45, 7) is 0.367. The number of carbonyl (C=O) groups is 2. The number of aromatic nitrogens is 2. The molecule has 0 saturated heterocycles. The van der Waals surface area contributed by atoms with Crippen molar-refractivity contribution in [2.24, 2.45) is 0 Å². The zero-order valence-electron chi connectivity index (χ0n) is 14.6. The van der Waals surface area contributed by atoms with Crippen LogP contribution in [0.5, 0.6) is 0 Å². The largest absolute Gasteiger partial charge is 0.352 e. The maximum atomic E-state index is 13.0. The van der Waals surface area contributed by atoms with Crippen LogP contribution in [0.2, 0.25) is 5.02 Å². The van der Waals surface area contributed by atoms with Crippen molar-refractivity contribution in [1.29, 1.82) is 0 Å². The maximum Gasteiger partial charge on any atom is 0.251 e. The van der Waals surface area contributed by atoms with Gasteiger partial charge in [-0.05, 0) is 55.0 Å². The van der Waals surface area contributed by atoms with Crippen LogP contribution in [-0.4, -0.2) is 27.7 Å². The van der Waals surface area contributed by atoms with Gasteiger partial charge in [0, 0.05) is 40.6 Å². The number of amides is 2. The topological polar surface area (TPSA) is 84.0 Å². The molecule has 1 aromatic heterocycles. The molecule has 9 heteroatoms. The van der Waals surface area contributed by atoms with Crippen LogP contribution in [0.1, 0.15) is 23.2 Å². The van der Waals surface area contributed by atoms with Crippen LogP contribution in [0, 0.1) is 5.82 Å². The van der Waals surface area contributed by atoms with Gasteiger partial charge in [-0.25, -0.2) is 4.39 Å². The average molecular weight is 419 g/mol.